The molecule has 0 bridgehead atoms. The Hall–Kier alpha value is -2.71. The number of nitrogens with zero attached hydrogens (tertiary/aromatic N) is 1. The van der Waals surface area contributed by atoms with Crippen molar-refractivity contribution >= 4 is 17.9 Å². The first-order valence-corrected chi connectivity index (χ1v) is 22.4. The van der Waals surface area contributed by atoms with Crippen LogP contribution in [0.4, 0.5) is 0 Å². The Morgan fingerprint density at radius 3 is 1.53 bits per heavy atom. The second-order valence-corrected chi connectivity index (χ2v) is 15.8. The van der Waals surface area contributed by atoms with Crippen LogP contribution in [0.2, 0.25) is 0 Å². The van der Waals surface area contributed by atoms with Crippen LogP contribution in [0.1, 0.15) is 174 Å². The maximum absolute atomic E-state index is 12.9. The van der Waals surface area contributed by atoms with E-state index < -0.39 is 18.3 Å². The molecule has 0 aromatic rings. The molecule has 0 saturated carbocycles. The van der Waals surface area contributed by atoms with Crippen LogP contribution in [0.25, 0.3) is 0 Å². The summed E-state index contributed by atoms with van der Waals surface area (Å²) in [4.78, 5) is 40.4. The summed E-state index contributed by atoms with van der Waals surface area (Å²) >= 11 is 0. The smallest absolute Gasteiger partial charge is 0.306 e. The van der Waals surface area contributed by atoms with E-state index in [9.17, 15) is 14.4 Å². The minimum atomic E-state index is -0.790. The highest BCUT2D eigenvalue weighted by Crippen LogP contribution is 2.24. The summed E-state index contributed by atoms with van der Waals surface area (Å²) in [5.74, 6) is -0.605. The number of likely N-dealkylation sites (tertiary alicyclic amines) is 1. The van der Waals surface area contributed by atoms with Crippen LogP contribution >= 0.6 is 0 Å². The summed E-state index contributed by atoms with van der Waals surface area (Å²) in [6, 6.07) is 0. The fraction of sp³-hybridized carbons (Fsp3) is 0.766. The lowest BCUT2D eigenvalue weighted by Gasteiger charge is -2.35. The van der Waals surface area contributed by atoms with Crippen molar-refractivity contribution in [1.29, 1.82) is 0 Å². The van der Waals surface area contributed by atoms with Crippen LogP contribution in [-0.2, 0) is 33.3 Å². The van der Waals surface area contributed by atoms with Gasteiger partial charge in [0.05, 0.1) is 13.0 Å². The number of rotatable bonds is 34. The standard InChI is InChI=1S/C47H79NO7/c1-4-6-8-10-12-14-16-18-20-22-24-26-28-30-32-34-44(49)54-43-40-52-42(39-53-46(51)36-41-37-48(3)38-41)47(43)55-45(50)35-33-31-29-27-25-23-21-19-17-15-13-11-9-7-5-2/h12-15,18-21,41-43,47H,4-11,16-17,22-40H2,1-3H3/b14-12-,15-13-,20-18-,21-19-/t42-,43+,47+/m1/s1. The highest BCUT2D eigenvalue weighted by Gasteiger charge is 2.43. The molecule has 0 spiro atoms. The van der Waals surface area contributed by atoms with E-state index in [1.165, 1.54) is 51.4 Å². The van der Waals surface area contributed by atoms with Crippen LogP contribution in [0.5, 0.6) is 0 Å². The average Bonchev–Trinajstić information content (AvgIpc) is 3.52. The number of hydrogen-bond acceptors (Lipinski definition) is 8. The van der Waals surface area contributed by atoms with Gasteiger partial charge >= 0.3 is 17.9 Å². The Bertz CT molecular complexity index is 1110. The number of unbranched alkanes of at least 4 members (excludes halogenated alkanes) is 16. The fourth-order valence-electron chi connectivity index (χ4n) is 7.07. The van der Waals surface area contributed by atoms with Crippen LogP contribution in [0, 0.1) is 5.92 Å². The normalized spacial score (nSPS) is 19.3. The molecule has 0 unspecified atom stereocenters. The summed E-state index contributed by atoms with van der Waals surface area (Å²) in [6.07, 6.45) is 41.5. The van der Waals surface area contributed by atoms with Gasteiger partial charge < -0.3 is 23.8 Å². The van der Waals surface area contributed by atoms with Gasteiger partial charge in [-0.25, -0.2) is 0 Å². The highest BCUT2D eigenvalue weighted by atomic mass is 16.6. The number of ether oxygens (including phenoxy) is 4. The number of carbonyl (C=O) groups excluding carboxylic acids is 3. The van der Waals surface area contributed by atoms with E-state index in [-0.39, 0.29) is 31.1 Å². The molecular weight excluding hydrogens is 691 g/mol. The molecule has 2 aliphatic heterocycles. The second-order valence-electron chi connectivity index (χ2n) is 15.8. The quantitative estimate of drug-likeness (QED) is 0.0276. The largest absolute Gasteiger partial charge is 0.463 e. The molecule has 8 heteroatoms. The van der Waals surface area contributed by atoms with E-state index in [4.69, 9.17) is 18.9 Å². The molecule has 2 saturated heterocycles. The maximum atomic E-state index is 12.9. The van der Waals surface area contributed by atoms with Gasteiger partial charge in [-0.15, -0.1) is 0 Å². The minimum absolute atomic E-state index is 0.0258. The number of carbonyl (C=O) groups is 3. The van der Waals surface area contributed by atoms with E-state index in [1.54, 1.807) is 0 Å². The SMILES string of the molecule is CCCCC/C=C\C/C=C\CCCCCCCC(=O)O[C@@H]1[C@@H](OC(=O)CCCCCCC/C=C\C/C=C\CCCCC)CO[C@@H]1COC(=O)CC1CN(C)C1. The highest BCUT2D eigenvalue weighted by molar-refractivity contribution is 5.71. The Morgan fingerprint density at radius 2 is 1.04 bits per heavy atom. The van der Waals surface area contributed by atoms with Crippen LogP contribution in [0.3, 0.4) is 0 Å². The zero-order chi connectivity index (χ0) is 39.6. The lowest BCUT2D eigenvalue weighted by Crippen LogP contribution is -2.45. The number of esters is 3. The third-order valence-corrected chi connectivity index (χ3v) is 10.4. The van der Waals surface area contributed by atoms with E-state index in [0.717, 1.165) is 103 Å². The van der Waals surface area contributed by atoms with Crippen LogP contribution < -0.4 is 0 Å². The Morgan fingerprint density at radius 1 is 0.582 bits per heavy atom. The van der Waals surface area contributed by atoms with Gasteiger partial charge in [0.2, 0.25) is 0 Å². The molecule has 2 rings (SSSR count). The first kappa shape index (κ1) is 48.4. The van der Waals surface area contributed by atoms with Gasteiger partial charge in [0.25, 0.3) is 0 Å². The molecule has 0 amide bonds. The number of hydrogen-bond donors (Lipinski definition) is 0. The summed E-state index contributed by atoms with van der Waals surface area (Å²) < 4.78 is 23.1. The average molecular weight is 770 g/mol. The Balaban J connectivity index is 1.65. The second kappa shape index (κ2) is 33.4. The van der Waals surface area contributed by atoms with Gasteiger partial charge in [-0.1, -0.05) is 127 Å². The summed E-state index contributed by atoms with van der Waals surface area (Å²) in [5, 5.41) is 0. The van der Waals surface area contributed by atoms with E-state index in [2.05, 4.69) is 67.4 Å². The first-order chi connectivity index (χ1) is 26.9. The molecule has 3 atom stereocenters. The van der Waals surface area contributed by atoms with Crippen molar-refractivity contribution < 1.29 is 33.3 Å². The van der Waals surface area contributed by atoms with Crippen molar-refractivity contribution in [3.63, 3.8) is 0 Å². The van der Waals surface area contributed by atoms with E-state index in [0.29, 0.717) is 25.2 Å². The van der Waals surface area contributed by atoms with E-state index in [1.807, 2.05) is 7.05 Å². The molecule has 55 heavy (non-hydrogen) atoms. The van der Waals surface area contributed by atoms with Crippen molar-refractivity contribution in [3.8, 4) is 0 Å². The van der Waals surface area contributed by atoms with Crippen molar-refractivity contribution in [3.05, 3.63) is 48.6 Å². The summed E-state index contributed by atoms with van der Waals surface area (Å²) in [7, 11) is 2.03. The molecule has 0 aromatic heterocycles. The minimum Gasteiger partial charge on any atom is -0.463 e. The topological polar surface area (TPSA) is 91.4 Å². The van der Waals surface area contributed by atoms with Crippen LogP contribution in [-0.4, -0.2) is 74.5 Å². The summed E-state index contributed by atoms with van der Waals surface area (Å²) in [6.45, 7) is 6.33. The van der Waals surface area contributed by atoms with Crippen molar-refractivity contribution in [2.24, 2.45) is 5.92 Å². The molecule has 2 aliphatic rings. The predicted octanol–water partition coefficient (Wildman–Crippen LogP) is 11.3. The van der Waals surface area contributed by atoms with Gasteiger partial charge in [-0.05, 0) is 90.0 Å². The molecule has 2 heterocycles. The van der Waals surface area contributed by atoms with Gasteiger partial charge in [-0.2, -0.15) is 0 Å². The third-order valence-electron chi connectivity index (χ3n) is 10.4. The monoisotopic (exact) mass is 770 g/mol. The Labute approximate surface area is 335 Å². The van der Waals surface area contributed by atoms with Gasteiger partial charge in [0, 0.05) is 25.9 Å². The molecule has 314 valence electrons. The molecule has 2 fully saturated rings. The summed E-state index contributed by atoms with van der Waals surface area (Å²) in [5.41, 5.74) is 0. The Kier molecular flexibility index (Phi) is 29.4. The van der Waals surface area contributed by atoms with Crippen LogP contribution in [0.15, 0.2) is 48.6 Å². The third kappa shape index (κ3) is 26.0. The fourth-order valence-corrected chi connectivity index (χ4v) is 7.07. The first-order valence-electron chi connectivity index (χ1n) is 22.4. The molecule has 0 radical (unpaired) electrons. The van der Waals surface area contributed by atoms with Crippen molar-refractivity contribution in [1.82, 2.24) is 4.90 Å². The van der Waals surface area contributed by atoms with Gasteiger partial charge in [-0.3, -0.25) is 14.4 Å². The van der Waals surface area contributed by atoms with Gasteiger partial charge in [0.1, 0.15) is 12.7 Å². The lowest BCUT2D eigenvalue weighted by atomic mass is 9.97. The zero-order valence-corrected chi connectivity index (χ0v) is 35.2. The van der Waals surface area contributed by atoms with E-state index >= 15 is 0 Å². The molecular formula is C47H79NO7. The number of allylic oxidation sites excluding steroid dienone is 8. The molecule has 8 nitrogen and oxygen atoms in total. The molecule has 0 N–H and O–H groups in total. The predicted molar refractivity (Wildman–Crippen MR) is 225 cm³/mol. The lowest BCUT2D eigenvalue weighted by molar-refractivity contribution is -0.168. The maximum Gasteiger partial charge on any atom is 0.306 e. The van der Waals surface area contributed by atoms with Crippen molar-refractivity contribution in [2.75, 3.05) is 33.4 Å². The van der Waals surface area contributed by atoms with Crippen molar-refractivity contribution in [2.45, 2.75) is 193 Å². The molecule has 0 aromatic carbocycles. The van der Waals surface area contributed by atoms with Gasteiger partial charge in [0.15, 0.2) is 12.2 Å². The zero-order valence-electron chi connectivity index (χ0n) is 35.2. The molecule has 0 aliphatic carbocycles.